The third-order valence-electron chi connectivity index (χ3n) is 5.38. The van der Waals surface area contributed by atoms with E-state index in [1.54, 1.807) is 0 Å². The molecule has 2 atom stereocenters. The van der Waals surface area contributed by atoms with Gasteiger partial charge in [0.25, 0.3) is 0 Å². The molecule has 1 N–H and O–H groups in total. The van der Waals surface area contributed by atoms with E-state index in [0.717, 1.165) is 44.2 Å². The van der Waals surface area contributed by atoms with E-state index >= 15 is 0 Å². The first kappa shape index (κ1) is 12.8. The Bertz CT molecular complexity index is 868. The second-order valence-electron chi connectivity index (χ2n) is 6.47. The molecule has 0 aromatic heterocycles. The number of carbonyl (C=O) groups is 1. The first-order valence-corrected chi connectivity index (χ1v) is 7.40. The highest BCUT2D eigenvalue weighted by Gasteiger charge is 2.55. The third-order valence-corrected chi connectivity index (χ3v) is 5.38. The minimum absolute atomic E-state index is 0.0674. The van der Waals surface area contributed by atoms with Crippen molar-refractivity contribution in [3.8, 4) is 0 Å². The number of benzene rings is 2. The summed E-state index contributed by atoms with van der Waals surface area (Å²) >= 11 is 0. The van der Waals surface area contributed by atoms with Gasteiger partial charge in [-0.25, -0.2) is 0 Å². The van der Waals surface area contributed by atoms with Gasteiger partial charge in [0, 0.05) is 11.1 Å². The van der Waals surface area contributed by atoms with E-state index in [-0.39, 0.29) is 5.78 Å². The molecule has 0 spiro atoms. The van der Waals surface area contributed by atoms with Crippen LogP contribution in [-0.2, 0) is 10.4 Å². The Hall–Kier alpha value is -1.93. The van der Waals surface area contributed by atoms with Gasteiger partial charge in [-0.2, -0.15) is 0 Å². The molecule has 0 unspecified atom stereocenters. The Labute approximate surface area is 124 Å². The molecule has 2 aromatic carbocycles. The normalized spacial score (nSPS) is 26.9. The first-order chi connectivity index (χ1) is 9.89. The summed E-state index contributed by atoms with van der Waals surface area (Å²) in [7, 11) is 0. The molecule has 0 bridgehead atoms. The maximum absolute atomic E-state index is 12.5. The van der Waals surface area contributed by atoms with Crippen LogP contribution in [0.2, 0.25) is 0 Å². The number of fused-ring (bicyclic) bond motifs is 3. The molecule has 106 valence electrons. The van der Waals surface area contributed by atoms with Gasteiger partial charge in [0.2, 0.25) is 0 Å². The molecule has 2 aromatic rings. The van der Waals surface area contributed by atoms with E-state index in [1.165, 1.54) is 0 Å². The molecular weight excluding hydrogens is 260 g/mol. The van der Waals surface area contributed by atoms with Gasteiger partial charge in [0.15, 0.2) is 5.78 Å². The number of aryl methyl sites for hydroxylation is 2. The summed E-state index contributed by atoms with van der Waals surface area (Å²) in [5, 5.41) is 13.8. The molecule has 0 radical (unpaired) electrons. The number of Topliss-reactive ketones (excluding diaryl/α,β-unsaturated/α-hetero) is 1. The Morgan fingerprint density at radius 2 is 1.67 bits per heavy atom. The Kier molecular flexibility index (Phi) is 2.21. The lowest BCUT2D eigenvalue weighted by molar-refractivity contribution is -0.122. The monoisotopic (exact) mass is 278 g/mol. The van der Waals surface area contributed by atoms with E-state index in [2.05, 4.69) is 25.1 Å². The molecule has 2 nitrogen and oxygen atoms in total. The van der Waals surface area contributed by atoms with Crippen LogP contribution >= 0.6 is 0 Å². The maximum atomic E-state index is 12.5. The van der Waals surface area contributed by atoms with Gasteiger partial charge >= 0.3 is 0 Å². The molecule has 0 aliphatic heterocycles. The van der Waals surface area contributed by atoms with Crippen molar-refractivity contribution in [1.29, 1.82) is 0 Å². The predicted octanol–water partition coefficient (Wildman–Crippen LogP) is 3.65. The topological polar surface area (TPSA) is 37.3 Å². The Morgan fingerprint density at radius 1 is 1.05 bits per heavy atom. The van der Waals surface area contributed by atoms with Crippen LogP contribution in [0.3, 0.4) is 0 Å². The number of ketones is 1. The van der Waals surface area contributed by atoms with E-state index in [0.29, 0.717) is 0 Å². The van der Waals surface area contributed by atoms with Crippen LogP contribution in [0.1, 0.15) is 36.1 Å². The van der Waals surface area contributed by atoms with Crippen LogP contribution < -0.4 is 0 Å². The van der Waals surface area contributed by atoms with Gasteiger partial charge in [-0.05, 0) is 53.8 Å². The fourth-order valence-corrected chi connectivity index (χ4v) is 4.30. The number of rotatable bonds is 0. The highest BCUT2D eigenvalue weighted by Crippen LogP contribution is 2.59. The number of carbonyl (C=O) groups excluding carboxylic acids is 1. The van der Waals surface area contributed by atoms with Gasteiger partial charge in [0.1, 0.15) is 5.60 Å². The second-order valence-corrected chi connectivity index (χ2v) is 6.47. The van der Waals surface area contributed by atoms with Crippen LogP contribution in [0.4, 0.5) is 0 Å². The smallest absolute Gasteiger partial charge is 0.165 e. The zero-order valence-electron chi connectivity index (χ0n) is 12.7. The summed E-state index contributed by atoms with van der Waals surface area (Å²) in [6.45, 7) is 7.77. The summed E-state index contributed by atoms with van der Waals surface area (Å²) in [4.78, 5) is 12.5. The van der Waals surface area contributed by atoms with Crippen LogP contribution in [0.15, 0.2) is 29.8 Å². The van der Waals surface area contributed by atoms with Crippen molar-refractivity contribution in [3.63, 3.8) is 0 Å². The molecule has 2 heteroatoms. The highest BCUT2D eigenvalue weighted by molar-refractivity contribution is 6.19. The van der Waals surface area contributed by atoms with Gasteiger partial charge in [-0.15, -0.1) is 0 Å². The van der Waals surface area contributed by atoms with Crippen molar-refractivity contribution in [2.45, 2.75) is 33.3 Å². The van der Waals surface area contributed by atoms with Crippen molar-refractivity contribution >= 4 is 22.1 Å². The van der Waals surface area contributed by atoms with Crippen molar-refractivity contribution in [1.82, 2.24) is 0 Å². The summed E-state index contributed by atoms with van der Waals surface area (Å²) in [6, 6.07) is 8.33. The molecule has 0 fully saturated rings. The fourth-order valence-electron chi connectivity index (χ4n) is 4.30. The highest BCUT2D eigenvalue weighted by atomic mass is 16.3. The Balaban J connectivity index is 2.30. The molecule has 4 rings (SSSR count). The average molecular weight is 278 g/mol. The van der Waals surface area contributed by atoms with Crippen LogP contribution in [0.5, 0.6) is 0 Å². The second kappa shape index (κ2) is 3.63. The predicted molar refractivity (Wildman–Crippen MR) is 84.1 cm³/mol. The number of aliphatic hydroxyl groups is 1. The summed E-state index contributed by atoms with van der Waals surface area (Å²) in [5.74, 6) is -0.346. The van der Waals surface area contributed by atoms with Crippen LogP contribution in [0.25, 0.3) is 16.3 Å². The Morgan fingerprint density at radius 3 is 2.33 bits per heavy atom. The van der Waals surface area contributed by atoms with Crippen molar-refractivity contribution in [2.24, 2.45) is 5.92 Å². The lowest BCUT2D eigenvalue weighted by Gasteiger charge is -2.28. The first-order valence-electron chi connectivity index (χ1n) is 7.40. The molecule has 0 heterocycles. The standard InChI is InChI=1S/C19H18O2/c1-9-5-7-13-8-6-10(2)16-15(13)14(9)17-11(3)18(20)12(4)19(16,17)21/h5-8,12,21H,1-4H3/t12-,19-/m1/s1. The van der Waals surface area contributed by atoms with Crippen LogP contribution in [0, 0.1) is 19.8 Å². The average Bonchev–Trinajstić information content (AvgIpc) is 2.83. The van der Waals surface area contributed by atoms with Crippen molar-refractivity contribution < 1.29 is 9.90 Å². The lowest BCUT2D eigenvalue weighted by atomic mass is 9.81. The van der Waals surface area contributed by atoms with Gasteiger partial charge in [-0.3, -0.25) is 4.79 Å². The third kappa shape index (κ3) is 1.21. The minimum Gasteiger partial charge on any atom is -0.380 e. The summed E-state index contributed by atoms with van der Waals surface area (Å²) < 4.78 is 0. The zero-order chi connectivity index (χ0) is 15.1. The SMILES string of the molecule is CC1=C2c3c(C)ccc4ccc(C)c(c34)[C@]2(O)[C@H](C)C1=O. The molecule has 0 amide bonds. The molecule has 2 aliphatic rings. The number of hydrogen-bond acceptors (Lipinski definition) is 2. The molecule has 0 saturated carbocycles. The fraction of sp³-hybridized carbons (Fsp3) is 0.316. The molecule has 2 aliphatic carbocycles. The van der Waals surface area contributed by atoms with E-state index in [4.69, 9.17) is 0 Å². The quantitative estimate of drug-likeness (QED) is 0.798. The molecule has 0 saturated heterocycles. The van der Waals surface area contributed by atoms with Gasteiger partial charge in [0.05, 0.1) is 5.92 Å². The number of hydrogen-bond donors (Lipinski definition) is 1. The number of allylic oxidation sites excluding steroid dienone is 1. The summed E-state index contributed by atoms with van der Waals surface area (Å²) in [6.07, 6.45) is 0. The van der Waals surface area contributed by atoms with Crippen LogP contribution in [-0.4, -0.2) is 10.9 Å². The maximum Gasteiger partial charge on any atom is 0.165 e. The zero-order valence-corrected chi connectivity index (χ0v) is 12.7. The van der Waals surface area contributed by atoms with E-state index in [9.17, 15) is 9.90 Å². The van der Waals surface area contributed by atoms with Crippen molar-refractivity contribution in [3.05, 3.63) is 52.1 Å². The largest absolute Gasteiger partial charge is 0.380 e. The van der Waals surface area contributed by atoms with Gasteiger partial charge in [-0.1, -0.05) is 31.2 Å². The lowest BCUT2D eigenvalue weighted by Crippen LogP contribution is -2.32. The van der Waals surface area contributed by atoms with E-state index < -0.39 is 11.5 Å². The minimum atomic E-state index is -1.15. The summed E-state index contributed by atoms with van der Waals surface area (Å²) in [5.41, 5.74) is 4.60. The van der Waals surface area contributed by atoms with Gasteiger partial charge < -0.3 is 5.11 Å². The molecular formula is C19H18O2. The molecule has 21 heavy (non-hydrogen) atoms. The van der Waals surface area contributed by atoms with E-state index in [1.807, 2.05) is 26.8 Å². The van der Waals surface area contributed by atoms with Crippen molar-refractivity contribution in [2.75, 3.05) is 0 Å².